The Hall–Kier alpha value is -5.61. The molecule has 1 fully saturated rings. The fraction of sp³-hybridized carbons (Fsp3) is 0.237. The van der Waals surface area contributed by atoms with E-state index in [1.54, 1.807) is 30.3 Å². The minimum atomic E-state index is -0.469. The van der Waals surface area contributed by atoms with Gasteiger partial charge in [0.1, 0.15) is 18.6 Å². The predicted molar refractivity (Wildman–Crippen MR) is 183 cm³/mol. The highest BCUT2D eigenvalue weighted by molar-refractivity contribution is 6.04. The molecule has 48 heavy (non-hydrogen) atoms. The number of para-hydroxylation sites is 1. The third kappa shape index (κ3) is 8.80. The molecule has 3 N–H and O–H groups in total. The van der Waals surface area contributed by atoms with Crippen LogP contribution in [-0.4, -0.2) is 48.5 Å². The summed E-state index contributed by atoms with van der Waals surface area (Å²) in [6, 6.07) is 32.0. The summed E-state index contributed by atoms with van der Waals surface area (Å²) in [5, 5.41) is 8.76. The standard InChI is InChI=1S/C38H38N4O6/c43-35(39-26-27-7-6-10-30(25-27)36(44)40-31-15-13-29(14-16-31)37-46-23-24-47-37)19-22-42-20-17-32(18-21-42)48-38(45)41-34-12-5-4-11-33(34)28-8-2-1-3-9-28/h1-16,23-25,32,37H,17-22,26H2,(H,39,43)(H,40,44)(H,41,45). The van der Waals surface area contributed by atoms with Gasteiger partial charge in [-0.2, -0.15) is 0 Å². The SMILES string of the molecule is O=C(CCN1CCC(OC(=O)Nc2ccccc2-c2ccccc2)CC1)NCc1cccc(C(=O)Nc2ccc(C3OC=CO3)cc2)c1. The van der Waals surface area contributed by atoms with Crippen molar-refractivity contribution in [2.75, 3.05) is 30.3 Å². The van der Waals surface area contributed by atoms with Crippen LogP contribution < -0.4 is 16.0 Å². The Morgan fingerprint density at radius 3 is 2.29 bits per heavy atom. The molecule has 246 valence electrons. The maximum absolute atomic E-state index is 12.9. The Balaban J connectivity index is 0.890. The number of anilines is 2. The number of hydrogen-bond acceptors (Lipinski definition) is 7. The number of rotatable bonds is 11. The first kappa shape index (κ1) is 32.3. The van der Waals surface area contributed by atoms with Gasteiger partial charge in [-0.1, -0.05) is 60.7 Å². The lowest BCUT2D eigenvalue weighted by Crippen LogP contribution is -2.40. The summed E-state index contributed by atoms with van der Waals surface area (Å²) in [5.41, 5.74) is 5.48. The molecule has 2 aliphatic heterocycles. The first-order valence-corrected chi connectivity index (χ1v) is 16.1. The summed E-state index contributed by atoms with van der Waals surface area (Å²) in [6.45, 7) is 2.42. The van der Waals surface area contributed by atoms with Crippen molar-refractivity contribution in [1.82, 2.24) is 10.2 Å². The maximum Gasteiger partial charge on any atom is 0.411 e. The Labute approximate surface area is 279 Å². The van der Waals surface area contributed by atoms with Gasteiger partial charge in [0.15, 0.2) is 0 Å². The molecule has 0 unspecified atom stereocenters. The normalized spacial score (nSPS) is 14.8. The van der Waals surface area contributed by atoms with Crippen molar-refractivity contribution in [1.29, 1.82) is 0 Å². The van der Waals surface area contributed by atoms with Crippen molar-refractivity contribution in [2.45, 2.75) is 38.2 Å². The number of carbonyl (C=O) groups excluding carboxylic acids is 3. The summed E-state index contributed by atoms with van der Waals surface area (Å²) in [5.74, 6) is -0.307. The van der Waals surface area contributed by atoms with Crippen molar-refractivity contribution in [3.05, 3.63) is 132 Å². The molecule has 0 aliphatic carbocycles. The van der Waals surface area contributed by atoms with Crippen LogP contribution in [0.1, 0.15) is 47.0 Å². The van der Waals surface area contributed by atoms with Crippen LogP contribution in [-0.2, 0) is 25.5 Å². The topological polar surface area (TPSA) is 118 Å². The molecule has 0 aromatic heterocycles. The third-order valence-electron chi connectivity index (χ3n) is 8.29. The molecule has 0 atom stereocenters. The number of nitrogens with zero attached hydrogens (tertiary/aromatic N) is 1. The van der Waals surface area contributed by atoms with Gasteiger partial charge < -0.3 is 29.7 Å². The van der Waals surface area contributed by atoms with Gasteiger partial charge in [-0.15, -0.1) is 0 Å². The Kier molecular flexibility index (Phi) is 10.6. The zero-order chi connectivity index (χ0) is 33.1. The number of likely N-dealkylation sites (tertiary alicyclic amines) is 1. The van der Waals surface area contributed by atoms with Gasteiger partial charge in [0.2, 0.25) is 5.91 Å². The second-order valence-corrected chi connectivity index (χ2v) is 11.7. The zero-order valence-electron chi connectivity index (χ0n) is 26.5. The average Bonchev–Trinajstić information content (AvgIpc) is 3.67. The quantitative estimate of drug-likeness (QED) is 0.163. The number of hydrogen-bond donors (Lipinski definition) is 3. The van der Waals surface area contributed by atoms with Crippen molar-refractivity contribution < 1.29 is 28.6 Å². The van der Waals surface area contributed by atoms with Crippen molar-refractivity contribution in [3.8, 4) is 11.1 Å². The van der Waals surface area contributed by atoms with E-state index in [1.807, 2.05) is 72.8 Å². The molecule has 3 amide bonds. The Bertz CT molecular complexity index is 1730. The third-order valence-corrected chi connectivity index (χ3v) is 8.29. The van der Waals surface area contributed by atoms with E-state index in [0.717, 1.165) is 35.3 Å². The van der Waals surface area contributed by atoms with E-state index >= 15 is 0 Å². The van der Waals surface area contributed by atoms with Crippen molar-refractivity contribution in [2.24, 2.45) is 0 Å². The van der Waals surface area contributed by atoms with Crippen LogP contribution in [0.2, 0.25) is 0 Å². The highest BCUT2D eigenvalue weighted by Gasteiger charge is 2.23. The van der Waals surface area contributed by atoms with Crippen LogP contribution in [0.3, 0.4) is 0 Å². The van der Waals surface area contributed by atoms with E-state index in [9.17, 15) is 14.4 Å². The summed E-state index contributed by atoms with van der Waals surface area (Å²) in [6.07, 6.45) is 3.64. The smallest absolute Gasteiger partial charge is 0.411 e. The van der Waals surface area contributed by atoms with Gasteiger partial charge in [0.25, 0.3) is 12.2 Å². The monoisotopic (exact) mass is 646 g/mol. The van der Waals surface area contributed by atoms with E-state index in [2.05, 4.69) is 20.9 Å². The second-order valence-electron chi connectivity index (χ2n) is 11.7. The largest absolute Gasteiger partial charge is 0.455 e. The summed E-state index contributed by atoms with van der Waals surface area (Å²) in [7, 11) is 0. The van der Waals surface area contributed by atoms with E-state index < -0.39 is 12.4 Å². The molecule has 10 nitrogen and oxygen atoms in total. The zero-order valence-corrected chi connectivity index (χ0v) is 26.5. The summed E-state index contributed by atoms with van der Waals surface area (Å²) >= 11 is 0. The fourth-order valence-electron chi connectivity index (χ4n) is 5.70. The highest BCUT2D eigenvalue weighted by Crippen LogP contribution is 2.28. The molecule has 0 radical (unpaired) electrons. The van der Waals surface area contributed by atoms with Gasteiger partial charge in [0.05, 0.1) is 5.69 Å². The number of carbonyl (C=O) groups is 3. The molecular weight excluding hydrogens is 608 g/mol. The molecule has 0 spiro atoms. The van der Waals surface area contributed by atoms with Gasteiger partial charge in [-0.05, 0) is 66.4 Å². The van der Waals surface area contributed by atoms with E-state index in [0.29, 0.717) is 49.3 Å². The average molecular weight is 647 g/mol. The predicted octanol–water partition coefficient (Wildman–Crippen LogP) is 6.84. The Morgan fingerprint density at radius 2 is 1.52 bits per heavy atom. The van der Waals surface area contributed by atoms with Crippen LogP contribution >= 0.6 is 0 Å². The van der Waals surface area contributed by atoms with E-state index in [1.165, 1.54) is 12.5 Å². The molecule has 4 aromatic carbocycles. The van der Waals surface area contributed by atoms with E-state index in [-0.39, 0.29) is 17.9 Å². The second kappa shape index (κ2) is 15.8. The van der Waals surface area contributed by atoms with E-state index in [4.69, 9.17) is 14.2 Å². The number of piperidine rings is 1. The van der Waals surface area contributed by atoms with Gasteiger partial charge >= 0.3 is 6.09 Å². The molecule has 0 bridgehead atoms. The number of ether oxygens (including phenoxy) is 3. The van der Waals surface area contributed by atoms with Crippen LogP contribution in [0.15, 0.2) is 116 Å². The lowest BCUT2D eigenvalue weighted by atomic mass is 10.0. The number of amides is 3. The molecule has 0 saturated carbocycles. The van der Waals surface area contributed by atoms with Gasteiger partial charge in [-0.3, -0.25) is 14.9 Å². The summed E-state index contributed by atoms with van der Waals surface area (Å²) < 4.78 is 16.4. The molecular formula is C38H38N4O6. The molecule has 2 aliphatic rings. The van der Waals surface area contributed by atoms with Crippen LogP contribution in [0, 0.1) is 0 Å². The molecule has 4 aromatic rings. The molecule has 6 rings (SSSR count). The fourth-order valence-corrected chi connectivity index (χ4v) is 5.70. The highest BCUT2D eigenvalue weighted by atomic mass is 16.7. The number of benzene rings is 4. The van der Waals surface area contributed by atoms with Crippen molar-refractivity contribution >= 4 is 29.3 Å². The van der Waals surface area contributed by atoms with Gasteiger partial charge in [-0.25, -0.2) is 4.79 Å². The minimum Gasteiger partial charge on any atom is -0.455 e. The molecule has 2 heterocycles. The molecule has 1 saturated heterocycles. The van der Waals surface area contributed by atoms with Crippen LogP contribution in [0.5, 0.6) is 0 Å². The van der Waals surface area contributed by atoms with Crippen LogP contribution in [0.25, 0.3) is 11.1 Å². The molecule has 10 heteroatoms. The lowest BCUT2D eigenvalue weighted by molar-refractivity contribution is -0.121. The number of nitrogens with one attached hydrogen (secondary N) is 3. The lowest BCUT2D eigenvalue weighted by Gasteiger charge is -2.31. The van der Waals surface area contributed by atoms with Gasteiger partial charge in [0, 0.05) is 55.0 Å². The Morgan fingerprint density at radius 1 is 0.792 bits per heavy atom. The first-order chi connectivity index (χ1) is 23.5. The minimum absolute atomic E-state index is 0.0646. The maximum atomic E-state index is 12.9. The first-order valence-electron chi connectivity index (χ1n) is 16.1. The van der Waals surface area contributed by atoms with Crippen LogP contribution in [0.4, 0.5) is 16.2 Å². The summed E-state index contributed by atoms with van der Waals surface area (Å²) in [4.78, 5) is 40.4. The van der Waals surface area contributed by atoms with Crippen molar-refractivity contribution in [3.63, 3.8) is 0 Å².